The van der Waals surface area contributed by atoms with E-state index in [-0.39, 0.29) is 6.04 Å². The molecule has 4 nitrogen and oxygen atoms in total. The summed E-state index contributed by atoms with van der Waals surface area (Å²) in [4.78, 5) is 0. The van der Waals surface area contributed by atoms with Crippen molar-refractivity contribution >= 4 is 0 Å². The van der Waals surface area contributed by atoms with Gasteiger partial charge in [0.2, 0.25) is 0 Å². The Morgan fingerprint density at radius 1 is 1.47 bits per heavy atom. The predicted octanol–water partition coefficient (Wildman–Crippen LogP) is 2.42. The van der Waals surface area contributed by atoms with E-state index in [4.69, 9.17) is 4.42 Å². The van der Waals surface area contributed by atoms with Gasteiger partial charge in [-0.15, -0.1) is 0 Å². The Labute approximate surface area is 102 Å². The molecule has 0 fully saturated rings. The second-order valence-electron chi connectivity index (χ2n) is 4.16. The molecule has 0 saturated heterocycles. The van der Waals surface area contributed by atoms with Crippen LogP contribution in [0.3, 0.4) is 0 Å². The summed E-state index contributed by atoms with van der Waals surface area (Å²) in [7, 11) is 1.96. The zero-order valence-electron chi connectivity index (χ0n) is 10.8. The van der Waals surface area contributed by atoms with Gasteiger partial charge in [-0.2, -0.15) is 5.10 Å². The number of nitrogens with zero attached hydrogens (tertiary/aromatic N) is 2. The maximum absolute atomic E-state index is 5.60. The van der Waals surface area contributed by atoms with Crippen LogP contribution in [0.25, 0.3) is 0 Å². The van der Waals surface area contributed by atoms with Crippen LogP contribution in [0, 0.1) is 13.8 Å². The van der Waals surface area contributed by atoms with E-state index < -0.39 is 0 Å². The normalized spacial score (nSPS) is 12.9. The van der Waals surface area contributed by atoms with E-state index in [1.54, 1.807) is 0 Å². The van der Waals surface area contributed by atoms with Crippen molar-refractivity contribution in [1.29, 1.82) is 0 Å². The van der Waals surface area contributed by atoms with E-state index in [2.05, 4.69) is 23.4 Å². The number of nitrogens with one attached hydrogen (secondary N) is 1. The van der Waals surface area contributed by atoms with Gasteiger partial charge in [-0.1, -0.05) is 0 Å². The summed E-state index contributed by atoms with van der Waals surface area (Å²) in [6.07, 6.45) is 1.84. The van der Waals surface area contributed by atoms with Crippen molar-refractivity contribution in [1.82, 2.24) is 15.1 Å². The molecule has 0 saturated carbocycles. The van der Waals surface area contributed by atoms with Crippen LogP contribution >= 0.6 is 0 Å². The first-order valence-corrected chi connectivity index (χ1v) is 5.93. The molecule has 0 aliphatic rings. The van der Waals surface area contributed by atoms with Crippen LogP contribution in [0.2, 0.25) is 0 Å². The highest BCUT2D eigenvalue weighted by Gasteiger charge is 2.20. The predicted molar refractivity (Wildman–Crippen MR) is 67.0 cm³/mol. The quantitative estimate of drug-likeness (QED) is 0.882. The van der Waals surface area contributed by atoms with Crippen LogP contribution in [-0.4, -0.2) is 16.8 Å². The topological polar surface area (TPSA) is 43.0 Å². The minimum absolute atomic E-state index is 0.134. The molecule has 2 heterocycles. The fourth-order valence-corrected chi connectivity index (χ4v) is 2.25. The third-order valence-corrected chi connectivity index (χ3v) is 3.02. The molecule has 92 valence electrons. The van der Waals surface area contributed by atoms with E-state index in [9.17, 15) is 0 Å². The fraction of sp³-hybridized carbons (Fsp3) is 0.462. The summed E-state index contributed by atoms with van der Waals surface area (Å²) in [6, 6.07) is 4.27. The average Bonchev–Trinajstić information content (AvgIpc) is 2.88. The van der Waals surface area contributed by atoms with Crippen molar-refractivity contribution in [2.45, 2.75) is 33.4 Å². The van der Waals surface area contributed by atoms with Gasteiger partial charge in [-0.25, -0.2) is 0 Å². The molecule has 17 heavy (non-hydrogen) atoms. The molecule has 0 aliphatic heterocycles. The first-order valence-electron chi connectivity index (χ1n) is 5.93. The van der Waals surface area contributed by atoms with Crippen LogP contribution in [-0.2, 0) is 6.54 Å². The number of rotatable bonds is 4. The summed E-state index contributed by atoms with van der Waals surface area (Å²) in [5.41, 5.74) is 2.35. The minimum Gasteiger partial charge on any atom is -0.466 e. The smallest absolute Gasteiger partial charge is 0.106 e. The molecule has 1 N–H and O–H groups in total. The highest BCUT2D eigenvalue weighted by Crippen LogP contribution is 2.26. The van der Waals surface area contributed by atoms with Gasteiger partial charge in [0, 0.05) is 18.3 Å². The Hall–Kier alpha value is -1.55. The number of aromatic nitrogens is 2. The van der Waals surface area contributed by atoms with Crippen LogP contribution in [0.5, 0.6) is 0 Å². The lowest BCUT2D eigenvalue weighted by Gasteiger charge is -2.16. The van der Waals surface area contributed by atoms with Crippen molar-refractivity contribution in [2.24, 2.45) is 0 Å². The molecule has 1 unspecified atom stereocenters. The Bertz CT molecular complexity index is 498. The van der Waals surface area contributed by atoms with Gasteiger partial charge in [-0.3, -0.25) is 4.68 Å². The monoisotopic (exact) mass is 233 g/mol. The standard InChI is InChI=1S/C13H19N3O/c1-5-16-12(6-7-15-16)13(14-4)11-8-9(2)17-10(11)3/h6-8,13-14H,5H2,1-4H3. The van der Waals surface area contributed by atoms with Gasteiger partial charge in [0.1, 0.15) is 11.5 Å². The second-order valence-corrected chi connectivity index (χ2v) is 4.16. The highest BCUT2D eigenvalue weighted by molar-refractivity contribution is 5.31. The van der Waals surface area contributed by atoms with E-state index >= 15 is 0 Å². The highest BCUT2D eigenvalue weighted by atomic mass is 16.3. The first kappa shape index (κ1) is 11.9. The molecule has 1 atom stereocenters. The Morgan fingerprint density at radius 2 is 2.24 bits per heavy atom. The van der Waals surface area contributed by atoms with Crippen LogP contribution in [0.15, 0.2) is 22.7 Å². The SMILES string of the molecule is CCn1nccc1C(NC)c1cc(C)oc1C. The molecule has 0 aromatic carbocycles. The fourth-order valence-electron chi connectivity index (χ4n) is 2.25. The third-order valence-electron chi connectivity index (χ3n) is 3.02. The van der Waals surface area contributed by atoms with Gasteiger partial charge in [0.25, 0.3) is 0 Å². The molecular formula is C13H19N3O. The molecule has 0 aliphatic carbocycles. The molecule has 0 spiro atoms. The van der Waals surface area contributed by atoms with Crippen LogP contribution in [0.1, 0.15) is 35.7 Å². The summed E-state index contributed by atoms with van der Waals surface area (Å²) in [6.45, 7) is 6.94. The molecule has 0 bridgehead atoms. The van der Waals surface area contributed by atoms with Crippen molar-refractivity contribution < 1.29 is 4.42 Å². The summed E-state index contributed by atoms with van der Waals surface area (Å²) < 4.78 is 7.60. The second kappa shape index (κ2) is 4.75. The lowest BCUT2D eigenvalue weighted by atomic mass is 10.0. The van der Waals surface area contributed by atoms with Crippen molar-refractivity contribution in [3.8, 4) is 0 Å². The molecule has 4 heteroatoms. The third kappa shape index (κ3) is 2.13. The van der Waals surface area contributed by atoms with Gasteiger partial charge in [0.05, 0.1) is 11.7 Å². The molecular weight excluding hydrogens is 214 g/mol. The van der Waals surface area contributed by atoms with E-state index in [1.165, 1.54) is 11.3 Å². The molecule has 2 aromatic rings. The lowest BCUT2D eigenvalue weighted by molar-refractivity contribution is 0.492. The van der Waals surface area contributed by atoms with Crippen molar-refractivity contribution in [3.05, 3.63) is 41.1 Å². The Kier molecular flexibility index (Phi) is 3.33. The maximum atomic E-state index is 5.60. The zero-order valence-corrected chi connectivity index (χ0v) is 10.8. The van der Waals surface area contributed by atoms with Gasteiger partial charge in [0.15, 0.2) is 0 Å². The van der Waals surface area contributed by atoms with Gasteiger partial charge in [-0.05, 0) is 40.0 Å². The lowest BCUT2D eigenvalue weighted by Crippen LogP contribution is -2.21. The zero-order chi connectivity index (χ0) is 12.4. The summed E-state index contributed by atoms with van der Waals surface area (Å²) in [5, 5.41) is 7.64. The van der Waals surface area contributed by atoms with Crippen LogP contribution < -0.4 is 5.32 Å². The largest absolute Gasteiger partial charge is 0.466 e. The van der Waals surface area contributed by atoms with E-state index in [0.29, 0.717) is 0 Å². The summed E-state index contributed by atoms with van der Waals surface area (Å²) >= 11 is 0. The van der Waals surface area contributed by atoms with Crippen molar-refractivity contribution in [2.75, 3.05) is 7.05 Å². The van der Waals surface area contributed by atoms with Crippen LogP contribution in [0.4, 0.5) is 0 Å². The first-order chi connectivity index (χ1) is 8.17. The van der Waals surface area contributed by atoms with E-state index in [1.807, 2.05) is 37.8 Å². The van der Waals surface area contributed by atoms with Gasteiger partial charge >= 0.3 is 0 Å². The molecule has 0 radical (unpaired) electrons. The Morgan fingerprint density at radius 3 is 2.76 bits per heavy atom. The average molecular weight is 233 g/mol. The van der Waals surface area contributed by atoms with E-state index in [0.717, 1.165) is 18.1 Å². The Balaban J connectivity index is 2.43. The number of furan rings is 1. The number of aryl methyl sites for hydroxylation is 3. The maximum Gasteiger partial charge on any atom is 0.106 e. The van der Waals surface area contributed by atoms with Gasteiger partial charge < -0.3 is 9.73 Å². The minimum atomic E-state index is 0.134. The molecule has 2 rings (SSSR count). The number of hydrogen-bond donors (Lipinski definition) is 1. The summed E-state index contributed by atoms with van der Waals surface area (Å²) in [5.74, 6) is 1.91. The molecule has 2 aromatic heterocycles. The van der Waals surface area contributed by atoms with Crippen molar-refractivity contribution in [3.63, 3.8) is 0 Å². The molecule has 0 amide bonds. The number of hydrogen-bond acceptors (Lipinski definition) is 3.